The van der Waals surface area contributed by atoms with Crippen molar-refractivity contribution < 1.29 is 53.0 Å². The highest BCUT2D eigenvalue weighted by Crippen LogP contribution is 2.62. The molecule has 7 atom stereocenters. The summed E-state index contributed by atoms with van der Waals surface area (Å²) in [5.74, 6) is -2.27. The van der Waals surface area contributed by atoms with E-state index in [0.717, 1.165) is 55.2 Å². The van der Waals surface area contributed by atoms with Crippen molar-refractivity contribution in [2.24, 2.45) is 22.9 Å². The van der Waals surface area contributed by atoms with Crippen LogP contribution in [0.4, 0.5) is 9.18 Å². The third-order valence-corrected chi connectivity index (χ3v) is 12.5. The van der Waals surface area contributed by atoms with Crippen molar-refractivity contribution in [3.63, 3.8) is 0 Å². The van der Waals surface area contributed by atoms with Gasteiger partial charge in [0, 0.05) is 44.1 Å². The van der Waals surface area contributed by atoms with E-state index in [0.29, 0.717) is 49.5 Å². The minimum atomic E-state index is -1.55. The van der Waals surface area contributed by atoms with E-state index in [-0.39, 0.29) is 69.5 Å². The largest absolute Gasteiger partial charge is 0.508 e. The van der Waals surface area contributed by atoms with E-state index in [1.54, 1.807) is 41.3 Å². The minimum absolute atomic E-state index is 0.0136. The number of phenols is 1. The van der Waals surface area contributed by atoms with Gasteiger partial charge in [0.2, 0.25) is 12.1 Å². The Kier molecular flexibility index (Phi) is 16.1. The number of aliphatic hydroxyl groups excluding tert-OH is 2. The first-order chi connectivity index (χ1) is 30.3. The number of phenolic OH excluding ortho intramolecular Hbond substituents is 1. The molecule has 0 aromatic heterocycles. The predicted octanol–water partition coefficient (Wildman–Crippen LogP) is 8.55. The number of aliphatic hydroxyl groups is 2. The SMILES string of the molecule is C=CCO[C@@]12Oc3ccc(O)cc3[C@H]3[C@H](CCCCO)[C@@H](CCCCO)C=C(C(=NOC4CCCCO4)C[C@@H]1N(Cc1ccc(F)cc1)C(=O)OCCOCc1ccccc1)[C@H]32. The highest BCUT2D eigenvalue weighted by atomic mass is 19.1. The Labute approximate surface area is 363 Å². The van der Waals surface area contributed by atoms with Crippen LogP contribution in [0.25, 0.3) is 0 Å². The van der Waals surface area contributed by atoms with Gasteiger partial charge >= 0.3 is 6.09 Å². The number of carbonyl (C=O) groups excluding carboxylic acids is 1. The molecule has 334 valence electrons. The number of oxime groups is 1. The monoisotopic (exact) mass is 856 g/mol. The maximum atomic E-state index is 14.8. The summed E-state index contributed by atoms with van der Waals surface area (Å²) in [6, 6.07) is 19.9. The third-order valence-electron chi connectivity index (χ3n) is 12.5. The van der Waals surface area contributed by atoms with Crippen molar-refractivity contribution in [1.82, 2.24) is 4.90 Å². The summed E-state index contributed by atoms with van der Waals surface area (Å²) in [5.41, 5.74) is 3.91. The number of unbranched alkanes of at least 4 members (excludes halogenated alkanes) is 2. The number of aromatic hydroxyl groups is 1. The zero-order chi connectivity index (χ0) is 43.3. The van der Waals surface area contributed by atoms with E-state index >= 15 is 0 Å². The molecule has 7 rings (SSSR count). The van der Waals surface area contributed by atoms with Crippen LogP contribution in [-0.4, -0.2) is 89.8 Å². The van der Waals surface area contributed by atoms with Gasteiger partial charge in [-0.3, -0.25) is 4.90 Å². The van der Waals surface area contributed by atoms with Crippen LogP contribution < -0.4 is 4.74 Å². The maximum absolute atomic E-state index is 14.8. The Morgan fingerprint density at radius 1 is 0.968 bits per heavy atom. The molecule has 3 aromatic carbocycles. The number of benzene rings is 3. The molecule has 4 aliphatic rings. The van der Waals surface area contributed by atoms with Gasteiger partial charge in [0.1, 0.15) is 30.0 Å². The van der Waals surface area contributed by atoms with Gasteiger partial charge in [-0.2, -0.15) is 0 Å². The van der Waals surface area contributed by atoms with E-state index < -0.39 is 35.9 Å². The Balaban J connectivity index is 1.36. The lowest BCUT2D eigenvalue weighted by atomic mass is 9.55. The summed E-state index contributed by atoms with van der Waals surface area (Å²) in [6.45, 7) is 5.24. The highest BCUT2D eigenvalue weighted by Gasteiger charge is 2.65. The van der Waals surface area contributed by atoms with Gasteiger partial charge < -0.3 is 43.8 Å². The molecule has 2 heterocycles. The third kappa shape index (κ3) is 10.7. The number of amides is 1. The number of rotatable bonds is 21. The Morgan fingerprint density at radius 3 is 2.50 bits per heavy atom. The van der Waals surface area contributed by atoms with Gasteiger partial charge in [-0.25, -0.2) is 9.18 Å². The number of fused-ring (bicyclic) bond motifs is 2. The summed E-state index contributed by atoms with van der Waals surface area (Å²) < 4.78 is 46.4. The first kappa shape index (κ1) is 45.2. The van der Waals surface area contributed by atoms with Gasteiger partial charge in [0.25, 0.3) is 0 Å². The lowest BCUT2D eigenvalue weighted by Crippen LogP contribution is -2.70. The Hall–Kier alpha value is -4.79. The molecule has 13 heteroatoms. The predicted molar refractivity (Wildman–Crippen MR) is 231 cm³/mol. The molecule has 3 aromatic rings. The van der Waals surface area contributed by atoms with Crippen LogP contribution in [0.5, 0.6) is 11.5 Å². The summed E-state index contributed by atoms with van der Waals surface area (Å²) in [5, 5.41) is 35.7. The number of halogens is 1. The van der Waals surface area contributed by atoms with E-state index in [2.05, 4.69) is 12.7 Å². The van der Waals surface area contributed by atoms with Crippen LogP contribution in [0.2, 0.25) is 0 Å². The Bertz CT molecular complexity index is 1970. The van der Waals surface area contributed by atoms with Crippen molar-refractivity contribution >= 4 is 11.8 Å². The summed E-state index contributed by atoms with van der Waals surface area (Å²) >= 11 is 0. The number of hydrogen-bond acceptors (Lipinski definition) is 11. The summed E-state index contributed by atoms with van der Waals surface area (Å²) in [7, 11) is 0. The molecule has 0 bridgehead atoms. The molecule has 0 spiro atoms. The quantitative estimate of drug-likeness (QED) is 0.0541. The van der Waals surface area contributed by atoms with Crippen LogP contribution in [0.3, 0.4) is 0 Å². The van der Waals surface area contributed by atoms with E-state index in [4.69, 9.17) is 33.7 Å². The second kappa shape index (κ2) is 22.0. The van der Waals surface area contributed by atoms with Crippen LogP contribution >= 0.6 is 0 Å². The molecular weight excluding hydrogens is 796 g/mol. The first-order valence-electron chi connectivity index (χ1n) is 22.2. The fraction of sp³-hybridized carbons (Fsp3) is 0.510. The molecular formula is C49H61FN2O10. The van der Waals surface area contributed by atoms with Crippen molar-refractivity contribution in [1.29, 1.82) is 0 Å². The molecule has 62 heavy (non-hydrogen) atoms. The smallest absolute Gasteiger partial charge is 0.410 e. The van der Waals surface area contributed by atoms with Gasteiger partial charge in [-0.05, 0) is 97.4 Å². The highest BCUT2D eigenvalue weighted by molar-refractivity contribution is 6.03. The molecule has 0 radical (unpaired) electrons. The molecule has 2 aliphatic heterocycles. The molecule has 3 N–H and O–H groups in total. The number of hydrogen-bond donors (Lipinski definition) is 3. The number of ether oxygens (including phenoxy) is 5. The summed E-state index contributed by atoms with van der Waals surface area (Å²) in [6.07, 6.45) is 9.74. The number of allylic oxidation sites excluding steroid dienone is 1. The van der Waals surface area contributed by atoms with E-state index in [1.165, 1.54) is 12.1 Å². The summed E-state index contributed by atoms with van der Waals surface area (Å²) in [4.78, 5) is 22.6. The Morgan fingerprint density at radius 2 is 1.76 bits per heavy atom. The number of carbonyl (C=O) groups is 1. The molecule has 1 saturated carbocycles. The van der Waals surface area contributed by atoms with E-state index in [1.807, 2.05) is 30.3 Å². The topological polar surface area (TPSA) is 149 Å². The second-order valence-corrected chi connectivity index (χ2v) is 16.6. The zero-order valence-electron chi connectivity index (χ0n) is 35.5. The van der Waals surface area contributed by atoms with Crippen molar-refractivity contribution in [3.05, 3.63) is 120 Å². The average molecular weight is 857 g/mol. The zero-order valence-corrected chi connectivity index (χ0v) is 35.5. The van der Waals surface area contributed by atoms with Crippen LogP contribution in [-0.2, 0) is 36.9 Å². The molecule has 1 saturated heterocycles. The fourth-order valence-corrected chi connectivity index (χ4v) is 9.70. The van der Waals surface area contributed by atoms with Gasteiger partial charge in [-0.15, -0.1) is 6.58 Å². The normalized spacial score (nSPS) is 25.8. The minimum Gasteiger partial charge on any atom is -0.508 e. The molecule has 2 fully saturated rings. The van der Waals surface area contributed by atoms with Crippen LogP contribution in [0.1, 0.15) is 86.8 Å². The van der Waals surface area contributed by atoms with Crippen LogP contribution in [0, 0.1) is 23.6 Å². The number of nitrogens with zero attached hydrogens (tertiary/aromatic N) is 2. The van der Waals surface area contributed by atoms with Gasteiger partial charge in [-0.1, -0.05) is 72.6 Å². The molecule has 2 aliphatic carbocycles. The molecule has 12 nitrogen and oxygen atoms in total. The molecule has 1 amide bonds. The standard InChI is InChI=1S/C49H61FN2O10/c1-2-25-60-49-44(52(32-34-17-19-37(50)20-18-34)48(56)59-28-27-57-33-35-12-4-3-5-13-35)31-42(51-62-45-16-8-11-26-58-45)40-29-36(14-6-9-23-53)39(15-7-10-24-54)46(47(40)49)41-30-38(55)21-22-43(41)61-49/h2-5,12-13,17-22,29-30,36,39,44-47,53-55H,1,6-11,14-16,23-28,31-33H2/t36-,39+,44-,45?,46+,47+,49+/m0/s1. The van der Waals surface area contributed by atoms with Crippen molar-refractivity contribution in [2.75, 3.05) is 39.6 Å². The second-order valence-electron chi connectivity index (χ2n) is 16.6. The van der Waals surface area contributed by atoms with E-state index in [9.17, 15) is 24.5 Å². The molecule has 1 unspecified atom stereocenters. The van der Waals surface area contributed by atoms with Gasteiger partial charge in [0.15, 0.2) is 0 Å². The lowest BCUT2D eigenvalue weighted by molar-refractivity contribution is -0.256. The lowest BCUT2D eigenvalue weighted by Gasteiger charge is -2.59. The fourth-order valence-electron chi connectivity index (χ4n) is 9.70. The van der Waals surface area contributed by atoms with Crippen molar-refractivity contribution in [3.8, 4) is 11.5 Å². The first-order valence-corrected chi connectivity index (χ1v) is 22.2. The van der Waals surface area contributed by atoms with Crippen molar-refractivity contribution in [2.45, 2.75) is 101 Å². The maximum Gasteiger partial charge on any atom is 0.410 e. The average Bonchev–Trinajstić information content (AvgIpc) is 3.29. The van der Waals surface area contributed by atoms with Gasteiger partial charge in [0.05, 0.1) is 38.1 Å². The van der Waals surface area contributed by atoms with Crippen LogP contribution in [0.15, 0.2) is 102 Å².